The van der Waals surface area contributed by atoms with E-state index in [1.54, 1.807) is 11.8 Å². The quantitative estimate of drug-likeness (QED) is 0.212. The Morgan fingerprint density at radius 1 is 1.00 bits per heavy atom. The lowest BCUT2D eigenvalue weighted by molar-refractivity contribution is 0.422. The number of thioether (sulfide) groups is 1. The second-order valence-electron chi connectivity index (χ2n) is 9.82. The van der Waals surface area contributed by atoms with Gasteiger partial charge in [0, 0.05) is 16.7 Å². The van der Waals surface area contributed by atoms with Crippen LogP contribution in [0.25, 0.3) is 16.9 Å². The highest BCUT2D eigenvalue weighted by atomic mass is 32.2. The normalized spacial score (nSPS) is 16.1. The zero-order valence-electron chi connectivity index (χ0n) is 19.9. The molecule has 1 heterocycles. The van der Waals surface area contributed by atoms with Crippen LogP contribution in [0, 0.1) is 6.92 Å². The van der Waals surface area contributed by atoms with Gasteiger partial charge in [0.1, 0.15) is 0 Å². The van der Waals surface area contributed by atoms with Gasteiger partial charge in [0.05, 0.1) is 16.9 Å². The first-order valence-corrected chi connectivity index (χ1v) is 13.6. The molecule has 3 nitrogen and oxygen atoms in total. The molecule has 0 amide bonds. The van der Waals surface area contributed by atoms with E-state index in [1.807, 2.05) is 4.57 Å². The molecule has 1 spiro atoms. The molecule has 1 saturated carbocycles. The van der Waals surface area contributed by atoms with Crippen molar-refractivity contribution < 1.29 is 0 Å². The van der Waals surface area contributed by atoms with Gasteiger partial charge in [-0.2, -0.15) is 0 Å². The zero-order chi connectivity index (χ0) is 22.8. The van der Waals surface area contributed by atoms with Gasteiger partial charge in [0.15, 0.2) is 5.16 Å². The predicted molar refractivity (Wildman–Crippen MR) is 139 cm³/mol. The third-order valence-electron chi connectivity index (χ3n) is 7.47. The van der Waals surface area contributed by atoms with Gasteiger partial charge in [-0.05, 0) is 50.3 Å². The molecule has 0 unspecified atom stereocenters. The van der Waals surface area contributed by atoms with Crippen LogP contribution in [0.2, 0.25) is 0 Å². The van der Waals surface area contributed by atoms with Crippen molar-refractivity contribution in [1.82, 2.24) is 9.55 Å². The fourth-order valence-corrected chi connectivity index (χ4v) is 6.73. The maximum absolute atomic E-state index is 14.3. The fourth-order valence-electron chi connectivity index (χ4n) is 5.72. The molecule has 4 heteroatoms. The summed E-state index contributed by atoms with van der Waals surface area (Å²) in [5.74, 6) is 0.990. The first-order valence-electron chi connectivity index (χ1n) is 12.6. The summed E-state index contributed by atoms with van der Waals surface area (Å²) in [6, 6.07) is 16.9. The van der Waals surface area contributed by atoms with Crippen molar-refractivity contribution in [2.75, 3.05) is 5.75 Å². The summed E-state index contributed by atoms with van der Waals surface area (Å²) in [5, 5.41) is 0.837. The molecule has 0 saturated heterocycles. The van der Waals surface area contributed by atoms with Gasteiger partial charge in [0.2, 0.25) is 0 Å². The van der Waals surface area contributed by atoms with Crippen LogP contribution in [-0.4, -0.2) is 15.3 Å². The van der Waals surface area contributed by atoms with Gasteiger partial charge >= 0.3 is 0 Å². The smallest absolute Gasteiger partial charge is 0.263 e. The summed E-state index contributed by atoms with van der Waals surface area (Å²) in [5.41, 5.74) is 6.65. The lowest BCUT2D eigenvalue weighted by atomic mass is 9.68. The fraction of sp³-hybridized carbons (Fsp3) is 0.448. The Hall–Kier alpha value is -2.33. The molecular weight excluding hydrogens is 424 g/mol. The van der Waals surface area contributed by atoms with E-state index in [1.165, 1.54) is 43.2 Å². The molecule has 2 aromatic carbocycles. The van der Waals surface area contributed by atoms with E-state index in [0.717, 1.165) is 59.1 Å². The summed E-state index contributed by atoms with van der Waals surface area (Å²) in [6.45, 7) is 4.33. The van der Waals surface area contributed by atoms with Crippen LogP contribution in [0.3, 0.4) is 0 Å². The Bertz CT molecular complexity index is 1190. The van der Waals surface area contributed by atoms with Crippen LogP contribution in [-0.2, 0) is 11.8 Å². The number of unbranched alkanes of at least 4 members (excludes halogenated alkanes) is 3. The van der Waals surface area contributed by atoms with Gasteiger partial charge in [-0.3, -0.25) is 9.36 Å². The molecule has 0 radical (unpaired) electrons. The van der Waals surface area contributed by atoms with Crippen molar-refractivity contribution in [3.63, 3.8) is 0 Å². The van der Waals surface area contributed by atoms with Crippen LogP contribution in [0.4, 0.5) is 0 Å². The van der Waals surface area contributed by atoms with E-state index in [4.69, 9.17) is 4.98 Å². The summed E-state index contributed by atoms with van der Waals surface area (Å²) in [6.07, 6.45) is 10.4. The highest BCUT2D eigenvalue weighted by Crippen LogP contribution is 2.50. The van der Waals surface area contributed by atoms with Crippen LogP contribution in [0.5, 0.6) is 0 Å². The summed E-state index contributed by atoms with van der Waals surface area (Å²) < 4.78 is 1.91. The van der Waals surface area contributed by atoms with Crippen LogP contribution in [0.1, 0.15) is 75.0 Å². The van der Waals surface area contributed by atoms with Gasteiger partial charge < -0.3 is 0 Å². The Labute approximate surface area is 201 Å². The van der Waals surface area contributed by atoms with Crippen molar-refractivity contribution in [2.45, 2.75) is 82.2 Å². The second-order valence-corrected chi connectivity index (χ2v) is 10.9. The molecule has 5 rings (SSSR count). The van der Waals surface area contributed by atoms with E-state index in [2.05, 4.69) is 62.4 Å². The molecule has 0 atom stereocenters. The molecule has 172 valence electrons. The molecule has 0 bridgehead atoms. The maximum atomic E-state index is 14.3. The third-order valence-corrected chi connectivity index (χ3v) is 8.49. The summed E-state index contributed by atoms with van der Waals surface area (Å²) >= 11 is 1.74. The molecule has 1 aromatic heterocycles. The Balaban J connectivity index is 1.69. The molecule has 3 aromatic rings. The Morgan fingerprint density at radius 3 is 2.52 bits per heavy atom. The second kappa shape index (κ2) is 9.50. The van der Waals surface area contributed by atoms with Crippen molar-refractivity contribution in [2.24, 2.45) is 0 Å². The van der Waals surface area contributed by atoms with E-state index < -0.39 is 0 Å². The monoisotopic (exact) mass is 458 g/mol. The molecular formula is C29H34N2OS. The van der Waals surface area contributed by atoms with Crippen LogP contribution < -0.4 is 5.56 Å². The maximum Gasteiger partial charge on any atom is 0.263 e. The summed E-state index contributed by atoms with van der Waals surface area (Å²) in [7, 11) is 0. The minimum atomic E-state index is -0.0649. The molecule has 0 N–H and O–H groups in total. The number of fused-ring (bicyclic) bond motifs is 4. The van der Waals surface area contributed by atoms with Crippen molar-refractivity contribution >= 4 is 11.8 Å². The number of aryl methyl sites for hydroxylation is 1. The first kappa shape index (κ1) is 22.5. The summed E-state index contributed by atoms with van der Waals surface area (Å²) in [4.78, 5) is 19.6. The first-order chi connectivity index (χ1) is 16.1. The highest BCUT2D eigenvalue weighted by molar-refractivity contribution is 7.99. The standard InChI is InChI=1S/C29H34N2OS/c1-3-4-5-10-19-33-28-30-26-24-12-7-6-11-22(24)20-29(17-8-9-18-29)25(26)27(32)31(28)23-15-13-21(2)14-16-23/h6-7,11-16H,3-5,8-10,17-20H2,1-2H3. The van der Waals surface area contributed by atoms with E-state index >= 15 is 0 Å². The highest BCUT2D eigenvalue weighted by Gasteiger charge is 2.44. The van der Waals surface area contributed by atoms with Gasteiger partial charge in [-0.15, -0.1) is 0 Å². The molecule has 1 fully saturated rings. The average Bonchev–Trinajstić information content (AvgIpc) is 3.28. The SMILES string of the molecule is CCCCCCSc1nc2c(c(=O)n1-c1ccc(C)cc1)C1(CCCC1)Cc1ccccc1-2. The van der Waals surface area contributed by atoms with Crippen molar-refractivity contribution in [1.29, 1.82) is 0 Å². The van der Waals surface area contributed by atoms with E-state index in [9.17, 15) is 4.79 Å². The van der Waals surface area contributed by atoms with Crippen molar-refractivity contribution in [3.05, 3.63) is 75.6 Å². The minimum absolute atomic E-state index is 0.0649. The largest absolute Gasteiger partial charge is 0.268 e. The molecule has 2 aliphatic carbocycles. The van der Waals surface area contributed by atoms with Gasteiger partial charge in [0.25, 0.3) is 5.56 Å². The minimum Gasteiger partial charge on any atom is -0.268 e. The van der Waals surface area contributed by atoms with E-state index in [0.29, 0.717) is 0 Å². The van der Waals surface area contributed by atoms with E-state index in [-0.39, 0.29) is 11.0 Å². The average molecular weight is 459 g/mol. The number of rotatable bonds is 7. The predicted octanol–water partition coefficient (Wildman–Crippen LogP) is 7.25. The van der Waals surface area contributed by atoms with Crippen molar-refractivity contribution in [3.8, 4) is 16.9 Å². The molecule has 0 aliphatic heterocycles. The topological polar surface area (TPSA) is 34.9 Å². The van der Waals surface area contributed by atoms with Crippen LogP contribution in [0.15, 0.2) is 58.5 Å². The van der Waals surface area contributed by atoms with Crippen LogP contribution >= 0.6 is 11.8 Å². The number of nitrogens with zero attached hydrogens (tertiary/aromatic N) is 2. The lowest BCUT2D eigenvalue weighted by Crippen LogP contribution is -2.40. The lowest BCUT2D eigenvalue weighted by Gasteiger charge is -2.36. The Kier molecular flexibility index (Phi) is 6.47. The number of hydrogen-bond donors (Lipinski definition) is 0. The third kappa shape index (κ3) is 4.19. The zero-order valence-corrected chi connectivity index (χ0v) is 20.7. The number of aromatic nitrogens is 2. The number of benzene rings is 2. The molecule has 2 aliphatic rings. The van der Waals surface area contributed by atoms with Gasteiger partial charge in [-0.1, -0.05) is 92.8 Å². The molecule has 33 heavy (non-hydrogen) atoms. The van der Waals surface area contributed by atoms with Gasteiger partial charge in [-0.25, -0.2) is 4.98 Å². The number of hydrogen-bond acceptors (Lipinski definition) is 3. The Morgan fingerprint density at radius 2 is 1.76 bits per heavy atom.